The molecule has 2 heterocycles. The van der Waals surface area contributed by atoms with E-state index in [1.54, 1.807) is 36.7 Å². The molecule has 0 saturated heterocycles. The van der Waals surface area contributed by atoms with Crippen LogP contribution in [0.1, 0.15) is 0 Å². The lowest BCUT2D eigenvalue weighted by atomic mass is 10.1. The zero-order chi connectivity index (χ0) is 13.2. The zero-order valence-corrected chi connectivity index (χ0v) is 10.1. The zero-order valence-electron chi connectivity index (χ0n) is 10.1. The molecule has 0 aliphatic heterocycles. The number of nitrogen functional groups attached to an aromatic ring is 2. The van der Waals surface area contributed by atoms with Crippen molar-refractivity contribution in [3.8, 4) is 22.8 Å². The highest BCUT2D eigenvalue weighted by Crippen LogP contribution is 2.26. The fraction of sp³-hybridized carbons (Fsp3) is 0. The molecular formula is C14H12N4O. The molecule has 0 atom stereocenters. The van der Waals surface area contributed by atoms with Crippen LogP contribution < -0.4 is 11.5 Å². The number of nitrogens with two attached hydrogens (primary N) is 2. The minimum absolute atomic E-state index is 0.527. The van der Waals surface area contributed by atoms with Gasteiger partial charge in [0.25, 0.3) is 0 Å². The Balaban J connectivity index is 2.11. The molecule has 4 N–H and O–H groups in total. The summed E-state index contributed by atoms with van der Waals surface area (Å²) in [6.45, 7) is 0. The third-order valence-corrected chi connectivity index (χ3v) is 2.75. The second kappa shape index (κ2) is 4.45. The predicted molar refractivity (Wildman–Crippen MR) is 74.0 cm³/mol. The van der Waals surface area contributed by atoms with Crippen LogP contribution in [0.3, 0.4) is 0 Å². The summed E-state index contributed by atoms with van der Waals surface area (Å²) in [6, 6.07) is 10.7. The van der Waals surface area contributed by atoms with Crippen LogP contribution >= 0.6 is 0 Å². The van der Waals surface area contributed by atoms with Crippen molar-refractivity contribution in [1.29, 1.82) is 0 Å². The summed E-state index contributed by atoms with van der Waals surface area (Å²) in [7, 11) is 0. The summed E-state index contributed by atoms with van der Waals surface area (Å²) in [6.07, 6.45) is 3.27. The summed E-state index contributed by atoms with van der Waals surface area (Å²) >= 11 is 0. The van der Waals surface area contributed by atoms with Gasteiger partial charge in [0.1, 0.15) is 5.69 Å². The molecule has 0 saturated carbocycles. The van der Waals surface area contributed by atoms with Crippen molar-refractivity contribution in [3.05, 3.63) is 48.9 Å². The van der Waals surface area contributed by atoms with Gasteiger partial charge in [-0.3, -0.25) is 0 Å². The van der Waals surface area contributed by atoms with Gasteiger partial charge in [0.05, 0.1) is 6.26 Å². The molecule has 0 fully saturated rings. The van der Waals surface area contributed by atoms with E-state index in [1.807, 2.05) is 12.1 Å². The molecule has 3 rings (SSSR count). The summed E-state index contributed by atoms with van der Waals surface area (Å²) in [4.78, 5) is 8.68. The fourth-order valence-corrected chi connectivity index (χ4v) is 1.82. The number of hydrogen-bond donors (Lipinski definition) is 2. The molecule has 94 valence electrons. The quantitative estimate of drug-likeness (QED) is 0.684. The third-order valence-electron chi connectivity index (χ3n) is 2.75. The van der Waals surface area contributed by atoms with E-state index in [4.69, 9.17) is 15.9 Å². The average molecular weight is 252 g/mol. The minimum Gasteiger partial charge on any atom is -0.463 e. The molecule has 0 unspecified atom stereocenters. The predicted octanol–water partition coefficient (Wildman–Crippen LogP) is 2.57. The molecule has 19 heavy (non-hydrogen) atoms. The van der Waals surface area contributed by atoms with Crippen LogP contribution in [-0.2, 0) is 0 Å². The molecule has 0 bridgehead atoms. The second-order valence-electron chi connectivity index (χ2n) is 4.09. The van der Waals surface area contributed by atoms with Gasteiger partial charge in [-0.1, -0.05) is 0 Å². The molecule has 1 aromatic carbocycles. The Bertz CT molecular complexity index is 707. The fourth-order valence-electron chi connectivity index (χ4n) is 1.82. The Hall–Kier alpha value is -2.82. The number of furan rings is 1. The Morgan fingerprint density at radius 3 is 2.74 bits per heavy atom. The van der Waals surface area contributed by atoms with Gasteiger partial charge >= 0.3 is 0 Å². The molecule has 3 aromatic rings. The van der Waals surface area contributed by atoms with Crippen molar-refractivity contribution in [3.63, 3.8) is 0 Å². The van der Waals surface area contributed by atoms with Gasteiger partial charge in [0, 0.05) is 23.1 Å². The number of nitrogens with zero attached hydrogens (tertiary/aromatic N) is 2. The van der Waals surface area contributed by atoms with Crippen molar-refractivity contribution in [2.75, 3.05) is 11.5 Å². The number of hydrogen-bond acceptors (Lipinski definition) is 5. The monoisotopic (exact) mass is 252 g/mol. The molecule has 0 amide bonds. The first-order valence-corrected chi connectivity index (χ1v) is 5.76. The standard InChI is InChI=1S/C14H12N4O/c15-9-3-4-11(16)10(8-9)14-17-6-5-12(18-14)13-2-1-7-19-13/h1-8H,15-16H2. The number of benzene rings is 1. The number of rotatable bonds is 2. The number of anilines is 2. The summed E-state index contributed by atoms with van der Waals surface area (Å²) in [5.41, 5.74) is 14.3. The average Bonchev–Trinajstić information content (AvgIpc) is 2.96. The first-order valence-electron chi connectivity index (χ1n) is 5.76. The molecule has 5 heteroatoms. The van der Waals surface area contributed by atoms with E-state index in [9.17, 15) is 0 Å². The minimum atomic E-state index is 0.527. The maximum atomic E-state index is 5.93. The van der Waals surface area contributed by atoms with E-state index >= 15 is 0 Å². The van der Waals surface area contributed by atoms with Crippen LogP contribution in [0.25, 0.3) is 22.8 Å². The molecule has 0 aliphatic rings. The van der Waals surface area contributed by atoms with E-state index in [1.165, 1.54) is 0 Å². The first-order chi connectivity index (χ1) is 9.24. The summed E-state index contributed by atoms with van der Waals surface area (Å²) in [5, 5.41) is 0. The lowest BCUT2D eigenvalue weighted by Gasteiger charge is -2.06. The number of aromatic nitrogens is 2. The summed E-state index contributed by atoms with van der Waals surface area (Å²) < 4.78 is 5.32. The van der Waals surface area contributed by atoms with Crippen molar-refractivity contribution in [2.24, 2.45) is 0 Å². The molecule has 0 spiro atoms. The van der Waals surface area contributed by atoms with E-state index in [0.29, 0.717) is 34.2 Å². The smallest absolute Gasteiger partial charge is 0.162 e. The van der Waals surface area contributed by atoms with Gasteiger partial charge in [0.2, 0.25) is 0 Å². The largest absolute Gasteiger partial charge is 0.463 e. The van der Waals surface area contributed by atoms with E-state index < -0.39 is 0 Å². The highest BCUT2D eigenvalue weighted by atomic mass is 16.3. The maximum absolute atomic E-state index is 5.93. The molecule has 0 radical (unpaired) electrons. The highest BCUT2D eigenvalue weighted by molar-refractivity contribution is 5.75. The van der Waals surface area contributed by atoms with Gasteiger partial charge < -0.3 is 15.9 Å². The third kappa shape index (κ3) is 2.13. The van der Waals surface area contributed by atoms with Crippen LogP contribution in [0.5, 0.6) is 0 Å². The Morgan fingerprint density at radius 2 is 1.95 bits per heavy atom. The van der Waals surface area contributed by atoms with Crippen molar-refractivity contribution in [2.45, 2.75) is 0 Å². The van der Waals surface area contributed by atoms with E-state index in [-0.39, 0.29) is 0 Å². The molecule has 5 nitrogen and oxygen atoms in total. The van der Waals surface area contributed by atoms with Gasteiger partial charge in [-0.25, -0.2) is 9.97 Å². The summed E-state index contributed by atoms with van der Waals surface area (Å²) in [5.74, 6) is 1.21. The van der Waals surface area contributed by atoms with Gasteiger partial charge in [0.15, 0.2) is 11.6 Å². The van der Waals surface area contributed by atoms with Crippen LogP contribution in [-0.4, -0.2) is 9.97 Å². The van der Waals surface area contributed by atoms with Gasteiger partial charge in [-0.05, 0) is 36.4 Å². The van der Waals surface area contributed by atoms with Gasteiger partial charge in [-0.2, -0.15) is 0 Å². The van der Waals surface area contributed by atoms with Crippen LogP contribution in [0, 0.1) is 0 Å². The molecule has 0 aliphatic carbocycles. The highest BCUT2D eigenvalue weighted by Gasteiger charge is 2.09. The second-order valence-corrected chi connectivity index (χ2v) is 4.09. The SMILES string of the molecule is Nc1ccc(N)c(-c2nccc(-c3ccco3)n2)c1. The first kappa shape index (κ1) is 11.3. The lowest BCUT2D eigenvalue weighted by Crippen LogP contribution is -1.97. The normalized spacial score (nSPS) is 10.5. The van der Waals surface area contributed by atoms with Crippen molar-refractivity contribution in [1.82, 2.24) is 9.97 Å². The maximum Gasteiger partial charge on any atom is 0.162 e. The topological polar surface area (TPSA) is 91.0 Å². The Morgan fingerprint density at radius 1 is 1.05 bits per heavy atom. The van der Waals surface area contributed by atoms with Crippen molar-refractivity contribution >= 4 is 11.4 Å². The van der Waals surface area contributed by atoms with Crippen LogP contribution in [0.2, 0.25) is 0 Å². The van der Waals surface area contributed by atoms with Crippen LogP contribution in [0.4, 0.5) is 11.4 Å². The lowest BCUT2D eigenvalue weighted by molar-refractivity contribution is 0.580. The van der Waals surface area contributed by atoms with Crippen LogP contribution in [0.15, 0.2) is 53.3 Å². The Kier molecular flexibility index (Phi) is 2.64. The van der Waals surface area contributed by atoms with Crippen molar-refractivity contribution < 1.29 is 4.42 Å². The van der Waals surface area contributed by atoms with E-state index in [0.717, 1.165) is 0 Å². The Labute approximate surface area is 109 Å². The van der Waals surface area contributed by atoms with Gasteiger partial charge in [-0.15, -0.1) is 0 Å². The molecule has 2 aromatic heterocycles. The van der Waals surface area contributed by atoms with E-state index in [2.05, 4.69) is 9.97 Å². The molecular weight excluding hydrogens is 240 g/mol.